The molecule has 0 aromatic rings. The van der Waals surface area contributed by atoms with Gasteiger partial charge in [-0.05, 0) is 6.92 Å². The van der Waals surface area contributed by atoms with Crippen molar-refractivity contribution in [1.82, 2.24) is 0 Å². The molecule has 1 atom stereocenters. The topological polar surface area (TPSA) is 18.5 Å². The lowest BCUT2D eigenvalue weighted by atomic mass is 10.3. The van der Waals surface area contributed by atoms with Crippen molar-refractivity contribution >= 4 is 0 Å². The smallest absolute Gasteiger partial charge is 0.398 e. The minimum Gasteiger partial charge on any atom is -0.398 e. The molecule has 0 rings (SSSR count). The lowest BCUT2D eigenvalue weighted by Crippen LogP contribution is -2.57. The molecular weight excluding hydrogens is 380 g/mol. The van der Waals surface area contributed by atoms with Gasteiger partial charge in [0.25, 0.3) is 0 Å². The fourth-order valence-electron chi connectivity index (χ4n) is 0.616. The summed E-state index contributed by atoms with van der Waals surface area (Å²) in [6.45, 7) is 3.63. The SMILES string of the molecule is C=C(C)C(F)(F)F.COC(F)(C(F)(F)F)C(F)(F)OC(F)=C(F)F. The maximum atomic E-state index is 12.8. The Morgan fingerprint density at radius 1 is 0.833 bits per heavy atom. The maximum Gasteiger partial charge on any atom is 0.471 e. The van der Waals surface area contributed by atoms with Gasteiger partial charge in [-0.15, -0.1) is 0 Å². The minimum atomic E-state index is -6.34. The van der Waals surface area contributed by atoms with E-state index in [1.165, 1.54) is 0 Å². The highest BCUT2D eigenvalue weighted by atomic mass is 19.4. The molecule has 0 heterocycles. The molecule has 2 nitrogen and oxygen atoms in total. The molecule has 0 aromatic carbocycles. The van der Waals surface area contributed by atoms with E-state index in [1.54, 1.807) is 0 Å². The summed E-state index contributed by atoms with van der Waals surface area (Å²) >= 11 is 0. The van der Waals surface area contributed by atoms with Crippen LogP contribution in [0, 0.1) is 0 Å². The number of hydrogen-bond donors (Lipinski definition) is 0. The highest BCUT2D eigenvalue weighted by Crippen LogP contribution is 2.47. The van der Waals surface area contributed by atoms with Crippen LogP contribution < -0.4 is 0 Å². The summed E-state index contributed by atoms with van der Waals surface area (Å²) in [6, 6.07) is -3.35. The fraction of sp³-hybridized carbons (Fsp3) is 0.600. The number of methoxy groups -OCH3 is 1. The summed E-state index contributed by atoms with van der Waals surface area (Å²) in [5, 5.41) is 0. The molecule has 24 heavy (non-hydrogen) atoms. The second-order valence-corrected chi connectivity index (χ2v) is 3.73. The Bertz CT molecular complexity index is 459. The van der Waals surface area contributed by atoms with E-state index in [2.05, 4.69) is 16.1 Å². The van der Waals surface area contributed by atoms with Crippen LogP contribution in [0.25, 0.3) is 0 Å². The van der Waals surface area contributed by atoms with E-state index in [4.69, 9.17) is 0 Å². The summed E-state index contributed by atoms with van der Waals surface area (Å²) in [5.74, 6) is -5.77. The monoisotopic (exact) mass is 388 g/mol. The first-order valence-electron chi connectivity index (χ1n) is 5.14. The van der Waals surface area contributed by atoms with Crippen LogP contribution >= 0.6 is 0 Å². The molecule has 0 amide bonds. The Morgan fingerprint density at radius 3 is 1.33 bits per heavy atom. The van der Waals surface area contributed by atoms with Crippen molar-refractivity contribution in [3.63, 3.8) is 0 Å². The van der Waals surface area contributed by atoms with Crippen molar-refractivity contribution in [1.29, 1.82) is 0 Å². The van der Waals surface area contributed by atoms with Crippen molar-refractivity contribution in [2.24, 2.45) is 0 Å². The number of alkyl halides is 9. The number of allylic oxidation sites excluding steroid dienone is 1. The molecule has 0 aliphatic carbocycles. The Balaban J connectivity index is 0. The largest absolute Gasteiger partial charge is 0.471 e. The van der Waals surface area contributed by atoms with Gasteiger partial charge >= 0.3 is 36.4 Å². The van der Waals surface area contributed by atoms with E-state index >= 15 is 0 Å². The van der Waals surface area contributed by atoms with Crippen LogP contribution in [0.2, 0.25) is 0 Å². The molecule has 14 heteroatoms. The van der Waals surface area contributed by atoms with Crippen LogP contribution in [0.15, 0.2) is 24.2 Å². The highest BCUT2D eigenvalue weighted by Gasteiger charge is 2.75. The van der Waals surface area contributed by atoms with Gasteiger partial charge in [0, 0.05) is 12.7 Å². The second kappa shape index (κ2) is 7.98. The third-order valence-electron chi connectivity index (χ3n) is 1.87. The van der Waals surface area contributed by atoms with Gasteiger partial charge in [0.1, 0.15) is 0 Å². The molecule has 0 saturated heterocycles. The fourth-order valence-corrected chi connectivity index (χ4v) is 0.616. The molecule has 0 radical (unpaired) electrons. The predicted octanol–water partition coefficient (Wildman–Crippen LogP) is 5.63. The normalized spacial score (nSPS) is 14.9. The summed E-state index contributed by atoms with van der Waals surface area (Å²) in [6.07, 6.45) is -20.0. The van der Waals surface area contributed by atoms with Gasteiger partial charge in [0.05, 0.1) is 0 Å². The van der Waals surface area contributed by atoms with E-state index in [-0.39, 0.29) is 7.11 Å². The first kappa shape index (κ1) is 24.6. The van der Waals surface area contributed by atoms with Gasteiger partial charge < -0.3 is 9.47 Å². The molecule has 0 aliphatic rings. The Labute approximate surface area is 126 Å². The lowest BCUT2D eigenvalue weighted by molar-refractivity contribution is -0.449. The van der Waals surface area contributed by atoms with Gasteiger partial charge in [0.2, 0.25) is 0 Å². The molecular formula is C10H8F12O2. The number of halogens is 12. The van der Waals surface area contributed by atoms with Crippen LogP contribution in [0.5, 0.6) is 0 Å². The summed E-state index contributed by atoms with van der Waals surface area (Å²) in [7, 11) is -0.127. The average Bonchev–Trinajstić information content (AvgIpc) is 2.34. The molecule has 0 aliphatic heterocycles. The third kappa shape index (κ3) is 6.49. The third-order valence-corrected chi connectivity index (χ3v) is 1.87. The molecule has 0 bridgehead atoms. The lowest BCUT2D eigenvalue weighted by Gasteiger charge is -2.31. The Morgan fingerprint density at radius 2 is 1.17 bits per heavy atom. The first-order valence-corrected chi connectivity index (χ1v) is 5.14. The average molecular weight is 388 g/mol. The number of rotatable bonds is 4. The summed E-state index contributed by atoms with van der Waals surface area (Å²) in [4.78, 5) is 0. The molecule has 0 spiro atoms. The van der Waals surface area contributed by atoms with Gasteiger partial charge in [-0.3, -0.25) is 0 Å². The standard InChI is InChI=1S/C6H3F9O2.C4H5F3/c1-16-4(10,5(11,12)13)6(14,15)17-3(9)2(7)8;1-3(2)4(5,6)7/h1H3;1H2,2H3. The summed E-state index contributed by atoms with van der Waals surface area (Å²) in [5.41, 5.74) is -0.757. The van der Waals surface area contributed by atoms with Gasteiger partial charge in [-0.25, -0.2) is 0 Å². The van der Waals surface area contributed by atoms with Crippen LogP contribution in [-0.4, -0.2) is 31.4 Å². The van der Waals surface area contributed by atoms with Crippen molar-refractivity contribution in [2.45, 2.75) is 31.2 Å². The molecule has 0 saturated carbocycles. The van der Waals surface area contributed by atoms with Crippen molar-refractivity contribution < 1.29 is 62.2 Å². The molecule has 1 unspecified atom stereocenters. The van der Waals surface area contributed by atoms with Gasteiger partial charge in [0.15, 0.2) is 0 Å². The van der Waals surface area contributed by atoms with Crippen LogP contribution in [0.1, 0.15) is 6.92 Å². The molecule has 144 valence electrons. The van der Waals surface area contributed by atoms with E-state index < -0.39 is 42.0 Å². The minimum absolute atomic E-state index is 0.127. The zero-order valence-corrected chi connectivity index (χ0v) is 11.6. The number of hydrogen-bond acceptors (Lipinski definition) is 2. The number of ether oxygens (including phenoxy) is 2. The molecule has 0 fully saturated rings. The van der Waals surface area contributed by atoms with E-state index in [0.29, 0.717) is 0 Å². The highest BCUT2D eigenvalue weighted by molar-refractivity contribution is 4.96. The van der Waals surface area contributed by atoms with E-state index in [9.17, 15) is 52.7 Å². The Hall–Kier alpha value is -1.60. The quantitative estimate of drug-likeness (QED) is 0.353. The molecule has 0 aromatic heterocycles. The van der Waals surface area contributed by atoms with Crippen molar-refractivity contribution in [3.05, 3.63) is 24.2 Å². The zero-order chi connectivity index (χ0) is 20.1. The van der Waals surface area contributed by atoms with Crippen molar-refractivity contribution in [3.8, 4) is 0 Å². The van der Waals surface area contributed by atoms with Crippen LogP contribution in [0.4, 0.5) is 52.7 Å². The predicted molar refractivity (Wildman–Crippen MR) is 54.2 cm³/mol. The van der Waals surface area contributed by atoms with Crippen LogP contribution in [0.3, 0.4) is 0 Å². The van der Waals surface area contributed by atoms with Crippen molar-refractivity contribution in [2.75, 3.05) is 7.11 Å². The maximum absolute atomic E-state index is 12.8. The first-order chi connectivity index (χ1) is 10.3. The van der Waals surface area contributed by atoms with E-state index in [0.717, 1.165) is 6.92 Å². The zero-order valence-electron chi connectivity index (χ0n) is 11.6. The van der Waals surface area contributed by atoms with E-state index in [1.807, 2.05) is 0 Å². The van der Waals surface area contributed by atoms with Crippen LogP contribution in [-0.2, 0) is 9.47 Å². The van der Waals surface area contributed by atoms with Gasteiger partial charge in [-0.1, -0.05) is 6.58 Å². The molecule has 0 N–H and O–H groups in total. The Kier molecular flexibility index (Phi) is 8.20. The second-order valence-electron chi connectivity index (χ2n) is 3.73. The van der Waals surface area contributed by atoms with Gasteiger partial charge in [-0.2, -0.15) is 52.7 Å². The summed E-state index contributed by atoms with van der Waals surface area (Å²) < 4.78 is 146.